The van der Waals surface area contributed by atoms with Crippen molar-refractivity contribution in [3.63, 3.8) is 0 Å². The van der Waals surface area contributed by atoms with Gasteiger partial charge in [-0.3, -0.25) is 4.31 Å². The van der Waals surface area contributed by atoms with Gasteiger partial charge in [-0.1, -0.05) is 29.8 Å². The van der Waals surface area contributed by atoms with E-state index in [9.17, 15) is 13.2 Å². The highest BCUT2D eigenvalue weighted by atomic mass is 32.2. The van der Waals surface area contributed by atoms with Crippen LogP contribution in [-0.4, -0.2) is 27.5 Å². The third-order valence-electron chi connectivity index (χ3n) is 3.97. The van der Waals surface area contributed by atoms with Crippen molar-refractivity contribution in [1.82, 2.24) is 0 Å². The SMILES string of the molecule is C=CCN(c1cccc(C(=O)OCC)c1C)S(=O)(=O)c1ccc(C)cc1. The quantitative estimate of drug-likeness (QED) is 0.546. The van der Waals surface area contributed by atoms with Gasteiger partial charge in [0, 0.05) is 0 Å². The highest BCUT2D eigenvalue weighted by molar-refractivity contribution is 7.92. The molecular weight excluding hydrogens is 350 g/mol. The summed E-state index contributed by atoms with van der Waals surface area (Å²) >= 11 is 0. The third-order valence-corrected chi connectivity index (χ3v) is 5.77. The molecule has 0 fully saturated rings. The van der Waals surface area contributed by atoms with E-state index < -0.39 is 16.0 Å². The van der Waals surface area contributed by atoms with Crippen LogP contribution < -0.4 is 4.31 Å². The highest BCUT2D eigenvalue weighted by Crippen LogP contribution is 2.29. The summed E-state index contributed by atoms with van der Waals surface area (Å²) in [6, 6.07) is 11.6. The molecule has 0 unspecified atom stereocenters. The summed E-state index contributed by atoms with van der Waals surface area (Å²) in [5.74, 6) is -0.474. The number of hydrogen-bond acceptors (Lipinski definition) is 4. The van der Waals surface area contributed by atoms with Gasteiger partial charge in [0.05, 0.1) is 29.3 Å². The monoisotopic (exact) mass is 373 g/mol. The summed E-state index contributed by atoms with van der Waals surface area (Å²) in [4.78, 5) is 12.3. The Morgan fingerprint density at radius 3 is 2.38 bits per heavy atom. The molecule has 26 heavy (non-hydrogen) atoms. The Hall–Kier alpha value is -2.60. The third kappa shape index (κ3) is 3.96. The van der Waals surface area contributed by atoms with Crippen LogP contribution in [0.25, 0.3) is 0 Å². The highest BCUT2D eigenvalue weighted by Gasteiger charge is 2.26. The van der Waals surface area contributed by atoms with Gasteiger partial charge < -0.3 is 4.74 Å². The molecule has 0 aliphatic heterocycles. The van der Waals surface area contributed by atoms with Crippen molar-refractivity contribution < 1.29 is 17.9 Å². The van der Waals surface area contributed by atoms with Crippen LogP contribution in [0.3, 0.4) is 0 Å². The Kier molecular flexibility index (Phi) is 6.21. The first kappa shape index (κ1) is 19.7. The molecule has 0 aliphatic carbocycles. The van der Waals surface area contributed by atoms with Crippen molar-refractivity contribution in [2.45, 2.75) is 25.7 Å². The summed E-state index contributed by atoms with van der Waals surface area (Å²) in [5.41, 5.74) is 2.29. The fourth-order valence-corrected chi connectivity index (χ4v) is 4.10. The van der Waals surface area contributed by atoms with Gasteiger partial charge in [0.15, 0.2) is 0 Å². The Morgan fingerprint density at radius 1 is 1.15 bits per heavy atom. The summed E-state index contributed by atoms with van der Waals surface area (Å²) in [6.07, 6.45) is 1.52. The smallest absolute Gasteiger partial charge is 0.338 e. The first-order chi connectivity index (χ1) is 12.3. The molecule has 0 heterocycles. The van der Waals surface area contributed by atoms with E-state index in [0.717, 1.165) is 5.56 Å². The van der Waals surface area contributed by atoms with E-state index in [1.165, 1.54) is 10.4 Å². The van der Waals surface area contributed by atoms with E-state index in [1.807, 2.05) is 6.92 Å². The van der Waals surface area contributed by atoms with Crippen LogP contribution in [0.2, 0.25) is 0 Å². The zero-order valence-electron chi connectivity index (χ0n) is 15.2. The van der Waals surface area contributed by atoms with Crippen LogP contribution in [0.5, 0.6) is 0 Å². The minimum absolute atomic E-state index is 0.0866. The van der Waals surface area contributed by atoms with Crippen molar-refractivity contribution in [3.05, 3.63) is 71.8 Å². The maximum absolute atomic E-state index is 13.2. The van der Waals surface area contributed by atoms with Gasteiger partial charge in [0.1, 0.15) is 0 Å². The van der Waals surface area contributed by atoms with E-state index in [-0.39, 0.29) is 18.0 Å². The molecule has 0 aromatic heterocycles. The van der Waals surface area contributed by atoms with Crippen LogP contribution in [0.15, 0.2) is 60.0 Å². The van der Waals surface area contributed by atoms with Gasteiger partial charge in [0.2, 0.25) is 0 Å². The van der Waals surface area contributed by atoms with Gasteiger partial charge >= 0.3 is 5.97 Å². The van der Waals surface area contributed by atoms with Crippen molar-refractivity contribution in [1.29, 1.82) is 0 Å². The zero-order chi connectivity index (χ0) is 19.3. The van der Waals surface area contributed by atoms with E-state index in [0.29, 0.717) is 16.8 Å². The van der Waals surface area contributed by atoms with Crippen LogP contribution in [0.4, 0.5) is 5.69 Å². The van der Waals surface area contributed by atoms with E-state index in [1.54, 1.807) is 56.3 Å². The number of hydrogen-bond donors (Lipinski definition) is 0. The number of aryl methyl sites for hydroxylation is 1. The molecule has 2 aromatic rings. The van der Waals surface area contributed by atoms with E-state index >= 15 is 0 Å². The van der Waals surface area contributed by atoms with Crippen molar-refractivity contribution in [3.8, 4) is 0 Å². The molecule has 0 N–H and O–H groups in total. The average Bonchev–Trinajstić information content (AvgIpc) is 2.60. The van der Waals surface area contributed by atoms with Gasteiger partial charge in [-0.25, -0.2) is 13.2 Å². The lowest BCUT2D eigenvalue weighted by molar-refractivity contribution is 0.0525. The van der Waals surface area contributed by atoms with Crippen LogP contribution >= 0.6 is 0 Å². The van der Waals surface area contributed by atoms with Gasteiger partial charge in [0.25, 0.3) is 10.0 Å². The number of nitrogens with zero attached hydrogens (tertiary/aromatic N) is 1. The molecule has 5 nitrogen and oxygen atoms in total. The number of ether oxygens (including phenoxy) is 1. The second kappa shape index (κ2) is 8.19. The fraction of sp³-hybridized carbons (Fsp3) is 0.250. The van der Waals surface area contributed by atoms with Crippen LogP contribution in [-0.2, 0) is 14.8 Å². The number of rotatable bonds is 7. The fourth-order valence-electron chi connectivity index (χ4n) is 2.60. The first-order valence-electron chi connectivity index (χ1n) is 8.30. The molecule has 0 saturated heterocycles. The van der Waals surface area contributed by atoms with Gasteiger partial charge in [-0.05, 0) is 50.6 Å². The predicted octanol–water partition coefficient (Wildman–Crippen LogP) is 3.86. The maximum atomic E-state index is 13.2. The molecule has 0 radical (unpaired) electrons. The normalized spacial score (nSPS) is 11.0. The molecule has 0 saturated carbocycles. The predicted molar refractivity (Wildman–Crippen MR) is 103 cm³/mol. The second-order valence-electron chi connectivity index (χ2n) is 5.81. The molecule has 138 valence electrons. The largest absolute Gasteiger partial charge is 0.462 e. The lowest BCUT2D eigenvalue weighted by Crippen LogP contribution is -2.32. The molecule has 6 heteroatoms. The summed E-state index contributed by atoms with van der Waals surface area (Å²) < 4.78 is 32.6. The topological polar surface area (TPSA) is 63.7 Å². The Labute approximate surface area is 155 Å². The lowest BCUT2D eigenvalue weighted by Gasteiger charge is -2.25. The van der Waals surface area contributed by atoms with E-state index in [2.05, 4.69) is 6.58 Å². The Balaban J connectivity index is 2.57. The van der Waals surface area contributed by atoms with Gasteiger partial charge in [-0.15, -0.1) is 6.58 Å². The lowest BCUT2D eigenvalue weighted by atomic mass is 10.1. The van der Waals surface area contributed by atoms with Crippen molar-refractivity contribution in [2.24, 2.45) is 0 Å². The van der Waals surface area contributed by atoms with Crippen molar-refractivity contribution in [2.75, 3.05) is 17.5 Å². The second-order valence-corrected chi connectivity index (χ2v) is 7.67. The number of esters is 1. The summed E-state index contributed by atoms with van der Waals surface area (Å²) in [6.45, 7) is 9.33. The minimum Gasteiger partial charge on any atom is -0.462 e. The minimum atomic E-state index is -3.80. The molecule has 0 bridgehead atoms. The summed E-state index contributed by atoms with van der Waals surface area (Å²) in [7, 11) is -3.80. The average molecular weight is 373 g/mol. The van der Waals surface area contributed by atoms with Crippen molar-refractivity contribution >= 4 is 21.7 Å². The van der Waals surface area contributed by atoms with E-state index in [4.69, 9.17) is 4.74 Å². The molecule has 0 aliphatic rings. The van der Waals surface area contributed by atoms with Crippen LogP contribution in [0, 0.1) is 13.8 Å². The first-order valence-corrected chi connectivity index (χ1v) is 9.74. The Morgan fingerprint density at radius 2 is 1.81 bits per heavy atom. The number of sulfonamides is 1. The molecule has 0 spiro atoms. The number of benzene rings is 2. The number of anilines is 1. The van der Waals surface area contributed by atoms with Gasteiger partial charge in [-0.2, -0.15) is 0 Å². The molecule has 2 rings (SSSR count). The Bertz CT molecular complexity index is 902. The van der Waals surface area contributed by atoms with Crippen LogP contribution in [0.1, 0.15) is 28.4 Å². The number of carbonyl (C=O) groups excluding carboxylic acids is 1. The maximum Gasteiger partial charge on any atom is 0.338 e. The standard InChI is InChI=1S/C20H23NO4S/c1-5-14-21(26(23,24)17-12-10-15(3)11-13-17)19-9-7-8-18(16(19)4)20(22)25-6-2/h5,7-13H,1,6,14H2,2-4H3. The summed E-state index contributed by atoms with van der Waals surface area (Å²) in [5, 5.41) is 0. The molecular formula is C20H23NO4S. The molecule has 2 aromatic carbocycles. The molecule has 0 atom stereocenters. The molecule has 0 amide bonds. The zero-order valence-corrected chi connectivity index (χ0v) is 16.0. The number of carbonyl (C=O) groups is 1.